The minimum Gasteiger partial charge on any atom is -0.386 e. The average Bonchev–Trinajstić information content (AvgIpc) is 1.78. The molecule has 1 aromatic carbocycles. The molecule has 0 heterocycles. The van der Waals surface area contributed by atoms with E-state index >= 15 is 0 Å². The van der Waals surface area contributed by atoms with Gasteiger partial charge in [-0.1, -0.05) is 0 Å². The van der Waals surface area contributed by atoms with Gasteiger partial charge in [-0.15, -0.1) is 0 Å². The molecule has 1 rings (SSSR count). The molecule has 0 bridgehead atoms. The Morgan fingerprint density at radius 1 is 1.08 bits per heavy atom. The Balaban J connectivity index is 3.38. The normalized spacial score (nSPS) is 11.8. The number of hydrogen-bond donors (Lipinski definition) is 1. The highest BCUT2D eigenvalue weighted by atomic mass is 19.1. The van der Waals surface area contributed by atoms with Crippen LogP contribution in [0.2, 0.25) is 0 Å². The van der Waals surface area contributed by atoms with Gasteiger partial charge in [0.2, 0.25) is 0 Å². The topological polar surface area (TPSA) is 20.2 Å². The van der Waals surface area contributed by atoms with Gasteiger partial charge in [0.05, 0.1) is 11.2 Å². The molecule has 72 valence electrons. The standard InChI is InChI=1S/C9H9F3O/c1-9(2,13)8-6(11)3-5(10)4-7(8)12/h3-4,13H,1-2H3. The second-order valence-corrected chi connectivity index (χ2v) is 3.30. The first-order valence-electron chi connectivity index (χ1n) is 3.70. The van der Waals surface area contributed by atoms with Crippen molar-refractivity contribution < 1.29 is 18.3 Å². The molecule has 0 saturated heterocycles. The maximum Gasteiger partial charge on any atom is 0.135 e. The molecule has 1 N–H and O–H groups in total. The maximum atomic E-state index is 13.0. The predicted molar refractivity (Wildman–Crippen MR) is 41.6 cm³/mol. The molecular weight excluding hydrogens is 181 g/mol. The fraction of sp³-hybridized carbons (Fsp3) is 0.333. The first-order chi connectivity index (χ1) is 5.82. The lowest BCUT2D eigenvalue weighted by molar-refractivity contribution is 0.0700. The summed E-state index contributed by atoms with van der Waals surface area (Å²) < 4.78 is 38.4. The molecule has 0 saturated carbocycles. The Morgan fingerprint density at radius 3 is 1.77 bits per heavy atom. The Labute approximate surface area is 73.8 Å². The summed E-state index contributed by atoms with van der Waals surface area (Å²) in [7, 11) is 0. The fourth-order valence-electron chi connectivity index (χ4n) is 1.13. The van der Waals surface area contributed by atoms with Crippen LogP contribution in [0, 0.1) is 17.5 Å². The lowest BCUT2D eigenvalue weighted by Gasteiger charge is -2.18. The van der Waals surface area contributed by atoms with Gasteiger partial charge >= 0.3 is 0 Å². The van der Waals surface area contributed by atoms with Crippen molar-refractivity contribution in [1.82, 2.24) is 0 Å². The van der Waals surface area contributed by atoms with Crippen LogP contribution in [0.3, 0.4) is 0 Å². The third-order valence-electron chi connectivity index (χ3n) is 1.62. The highest BCUT2D eigenvalue weighted by molar-refractivity contribution is 5.25. The summed E-state index contributed by atoms with van der Waals surface area (Å²) in [6, 6.07) is 1.08. The summed E-state index contributed by atoms with van der Waals surface area (Å²) in [5.41, 5.74) is -2.17. The predicted octanol–water partition coefficient (Wildman–Crippen LogP) is 2.33. The second kappa shape index (κ2) is 3.03. The third kappa shape index (κ3) is 2.01. The van der Waals surface area contributed by atoms with E-state index in [4.69, 9.17) is 0 Å². The Kier molecular flexibility index (Phi) is 2.34. The Morgan fingerprint density at radius 2 is 1.46 bits per heavy atom. The zero-order valence-corrected chi connectivity index (χ0v) is 7.24. The van der Waals surface area contributed by atoms with E-state index in [-0.39, 0.29) is 0 Å². The van der Waals surface area contributed by atoms with Gasteiger partial charge in [0.1, 0.15) is 17.5 Å². The molecule has 0 radical (unpaired) electrons. The van der Waals surface area contributed by atoms with Crippen LogP contribution < -0.4 is 0 Å². The molecule has 0 unspecified atom stereocenters. The van der Waals surface area contributed by atoms with E-state index in [0.29, 0.717) is 12.1 Å². The van der Waals surface area contributed by atoms with Crippen molar-refractivity contribution in [3.8, 4) is 0 Å². The van der Waals surface area contributed by atoms with Crippen LogP contribution >= 0.6 is 0 Å². The van der Waals surface area contributed by atoms with Crippen molar-refractivity contribution in [1.29, 1.82) is 0 Å². The molecule has 13 heavy (non-hydrogen) atoms. The summed E-state index contributed by atoms with van der Waals surface area (Å²) in [6.45, 7) is 2.46. The first kappa shape index (κ1) is 10.1. The molecule has 0 aliphatic rings. The van der Waals surface area contributed by atoms with E-state index in [1.165, 1.54) is 13.8 Å². The van der Waals surface area contributed by atoms with Gasteiger partial charge in [-0.05, 0) is 13.8 Å². The van der Waals surface area contributed by atoms with Crippen molar-refractivity contribution in [2.75, 3.05) is 0 Å². The zero-order chi connectivity index (χ0) is 10.2. The summed E-state index contributed by atoms with van der Waals surface area (Å²) >= 11 is 0. The van der Waals surface area contributed by atoms with Gasteiger partial charge in [-0.25, -0.2) is 13.2 Å². The quantitative estimate of drug-likeness (QED) is 0.720. The number of rotatable bonds is 1. The molecular formula is C9H9F3O. The van der Waals surface area contributed by atoms with Gasteiger partial charge in [0.25, 0.3) is 0 Å². The van der Waals surface area contributed by atoms with E-state index in [9.17, 15) is 18.3 Å². The number of hydrogen-bond acceptors (Lipinski definition) is 1. The molecule has 1 aromatic rings. The summed E-state index contributed by atoms with van der Waals surface area (Å²) in [5, 5.41) is 9.34. The molecule has 0 fully saturated rings. The third-order valence-corrected chi connectivity index (χ3v) is 1.62. The van der Waals surface area contributed by atoms with Crippen LogP contribution in [0.4, 0.5) is 13.2 Å². The minimum absolute atomic E-state index is 0.520. The van der Waals surface area contributed by atoms with E-state index in [2.05, 4.69) is 0 Å². The van der Waals surface area contributed by atoms with Crippen molar-refractivity contribution in [3.05, 3.63) is 35.1 Å². The summed E-state index contributed by atoms with van der Waals surface area (Å²) in [6.07, 6.45) is 0. The molecule has 0 aliphatic carbocycles. The van der Waals surface area contributed by atoms with E-state index in [0.717, 1.165) is 0 Å². The largest absolute Gasteiger partial charge is 0.386 e. The molecule has 1 nitrogen and oxygen atoms in total. The highest BCUT2D eigenvalue weighted by Crippen LogP contribution is 2.26. The van der Waals surface area contributed by atoms with Crippen LogP contribution in [0.5, 0.6) is 0 Å². The number of benzene rings is 1. The fourth-order valence-corrected chi connectivity index (χ4v) is 1.13. The molecule has 4 heteroatoms. The minimum atomic E-state index is -1.65. The molecule has 0 aliphatic heterocycles. The highest BCUT2D eigenvalue weighted by Gasteiger charge is 2.25. The average molecular weight is 190 g/mol. The van der Waals surface area contributed by atoms with Crippen molar-refractivity contribution in [2.24, 2.45) is 0 Å². The molecule has 0 spiro atoms. The maximum absolute atomic E-state index is 13.0. The number of halogens is 3. The molecule has 0 aromatic heterocycles. The van der Waals surface area contributed by atoms with E-state index in [1.54, 1.807) is 0 Å². The van der Waals surface area contributed by atoms with Crippen molar-refractivity contribution in [3.63, 3.8) is 0 Å². The first-order valence-corrected chi connectivity index (χ1v) is 3.70. The number of aliphatic hydroxyl groups is 1. The second-order valence-electron chi connectivity index (χ2n) is 3.30. The lowest BCUT2D eigenvalue weighted by atomic mass is 9.97. The van der Waals surface area contributed by atoms with Gasteiger partial charge in [-0.2, -0.15) is 0 Å². The van der Waals surface area contributed by atoms with Crippen LogP contribution in [0.15, 0.2) is 12.1 Å². The van der Waals surface area contributed by atoms with E-state index < -0.39 is 28.6 Å². The van der Waals surface area contributed by atoms with Crippen molar-refractivity contribution >= 4 is 0 Å². The summed E-state index contributed by atoms with van der Waals surface area (Å²) in [5.74, 6) is -3.15. The monoisotopic (exact) mass is 190 g/mol. The van der Waals surface area contributed by atoms with Crippen LogP contribution in [0.25, 0.3) is 0 Å². The van der Waals surface area contributed by atoms with Crippen LogP contribution in [0.1, 0.15) is 19.4 Å². The van der Waals surface area contributed by atoms with Crippen LogP contribution in [-0.4, -0.2) is 5.11 Å². The van der Waals surface area contributed by atoms with Gasteiger partial charge in [-0.3, -0.25) is 0 Å². The zero-order valence-electron chi connectivity index (χ0n) is 7.24. The molecule has 0 atom stereocenters. The SMILES string of the molecule is CC(C)(O)c1c(F)cc(F)cc1F. The van der Waals surface area contributed by atoms with Gasteiger partial charge < -0.3 is 5.11 Å². The van der Waals surface area contributed by atoms with Crippen molar-refractivity contribution in [2.45, 2.75) is 19.4 Å². The van der Waals surface area contributed by atoms with Gasteiger partial charge in [0.15, 0.2) is 0 Å². The smallest absolute Gasteiger partial charge is 0.135 e. The Hall–Kier alpha value is -1.03. The lowest BCUT2D eigenvalue weighted by Crippen LogP contribution is -2.20. The van der Waals surface area contributed by atoms with Crippen LogP contribution in [-0.2, 0) is 5.60 Å². The van der Waals surface area contributed by atoms with Gasteiger partial charge in [0, 0.05) is 12.1 Å². The van der Waals surface area contributed by atoms with E-state index in [1.807, 2.05) is 0 Å². The Bertz CT molecular complexity index is 305. The molecule has 0 amide bonds. The summed E-state index contributed by atoms with van der Waals surface area (Å²) in [4.78, 5) is 0.